The lowest BCUT2D eigenvalue weighted by atomic mass is 10.4. The maximum absolute atomic E-state index is 11.8. The van der Waals surface area contributed by atoms with Gasteiger partial charge in [-0.2, -0.15) is 0 Å². The second kappa shape index (κ2) is 4.22. The Balaban J connectivity index is 2.48. The molecule has 0 saturated heterocycles. The zero-order chi connectivity index (χ0) is 11.5. The molecular weight excluding hydrogens is 208 g/mol. The fourth-order valence-electron chi connectivity index (χ4n) is 1.50. The summed E-state index contributed by atoms with van der Waals surface area (Å²) in [7, 11) is 0. The number of aromatic nitrogens is 2. The highest BCUT2D eigenvalue weighted by atomic mass is 16.3. The first-order valence-corrected chi connectivity index (χ1v) is 5.05. The van der Waals surface area contributed by atoms with Crippen molar-refractivity contribution >= 4 is 0 Å². The van der Waals surface area contributed by atoms with Gasteiger partial charge in [0.25, 0.3) is 5.56 Å². The molecule has 16 heavy (non-hydrogen) atoms. The molecule has 2 aromatic rings. The molecule has 0 atom stereocenters. The largest absolute Gasteiger partial charge is 0.467 e. The summed E-state index contributed by atoms with van der Waals surface area (Å²) in [6.07, 6.45) is 3.02. The van der Waals surface area contributed by atoms with Gasteiger partial charge in [-0.25, -0.2) is 4.79 Å². The van der Waals surface area contributed by atoms with Crippen LogP contribution in [0, 0.1) is 0 Å². The van der Waals surface area contributed by atoms with Crippen molar-refractivity contribution in [3.63, 3.8) is 0 Å². The highest BCUT2D eigenvalue weighted by Gasteiger charge is 2.06. The molecule has 0 amide bonds. The number of hydrogen-bond acceptors (Lipinski definition) is 3. The average molecular weight is 220 g/mol. The van der Waals surface area contributed by atoms with E-state index in [0.29, 0.717) is 12.3 Å². The molecule has 0 saturated carbocycles. The predicted octanol–water partition coefficient (Wildman–Crippen LogP) is 0.671. The summed E-state index contributed by atoms with van der Waals surface area (Å²) in [6.45, 7) is 2.56. The standard InChI is InChI=1S/C11H12N2O3/c1-2-12-6-5-10(14)13(11(12)15)8-9-4-3-7-16-9/h3-7H,2,8H2,1H3. The van der Waals surface area contributed by atoms with Gasteiger partial charge < -0.3 is 8.98 Å². The van der Waals surface area contributed by atoms with Crippen molar-refractivity contribution in [3.05, 3.63) is 57.3 Å². The van der Waals surface area contributed by atoms with Crippen molar-refractivity contribution in [2.45, 2.75) is 20.0 Å². The van der Waals surface area contributed by atoms with Crippen LogP contribution in [0.4, 0.5) is 0 Å². The molecule has 0 N–H and O–H groups in total. The van der Waals surface area contributed by atoms with E-state index in [1.54, 1.807) is 12.1 Å². The maximum atomic E-state index is 11.8. The van der Waals surface area contributed by atoms with Gasteiger partial charge in [0.15, 0.2) is 0 Å². The van der Waals surface area contributed by atoms with Crippen molar-refractivity contribution in [3.8, 4) is 0 Å². The highest BCUT2D eigenvalue weighted by Crippen LogP contribution is 1.99. The first-order chi connectivity index (χ1) is 7.72. The Kier molecular flexibility index (Phi) is 2.76. The van der Waals surface area contributed by atoms with Crippen LogP contribution in [-0.4, -0.2) is 9.13 Å². The normalized spacial score (nSPS) is 10.6. The first kappa shape index (κ1) is 10.5. The summed E-state index contributed by atoms with van der Waals surface area (Å²) in [5.74, 6) is 0.591. The van der Waals surface area contributed by atoms with Crippen LogP contribution < -0.4 is 11.2 Å². The van der Waals surface area contributed by atoms with E-state index in [0.717, 1.165) is 4.57 Å². The minimum absolute atomic E-state index is 0.172. The lowest BCUT2D eigenvalue weighted by Gasteiger charge is -2.06. The molecule has 0 aliphatic heterocycles. The molecule has 2 rings (SSSR count). The fraction of sp³-hybridized carbons (Fsp3) is 0.273. The molecule has 2 aromatic heterocycles. The summed E-state index contributed by atoms with van der Waals surface area (Å²) in [4.78, 5) is 23.4. The Bertz CT molecular complexity index is 578. The summed E-state index contributed by atoms with van der Waals surface area (Å²) < 4.78 is 7.74. The van der Waals surface area contributed by atoms with Crippen LogP contribution in [0.2, 0.25) is 0 Å². The van der Waals surface area contributed by atoms with Crippen LogP contribution in [0.1, 0.15) is 12.7 Å². The molecule has 0 aliphatic rings. The van der Waals surface area contributed by atoms with Crippen LogP contribution in [0.3, 0.4) is 0 Å². The van der Waals surface area contributed by atoms with Crippen LogP contribution in [0.25, 0.3) is 0 Å². The molecule has 0 bridgehead atoms. The van der Waals surface area contributed by atoms with E-state index in [1.165, 1.54) is 23.1 Å². The lowest BCUT2D eigenvalue weighted by molar-refractivity contribution is 0.475. The third-order valence-corrected chi connectivity index (χ3v) is 2.37. The highest BCUT2D eigenvalue weighted by molar-refractivity contribution is 5.00. The van der Waals surface area contributed by atoms with Gasteiger partial charge in [-0.05, 0) is 19.1 Å². The van der Waals surface area contributed by atoms with Gasteiger partial charge in [0.05, 0.1) is 12.8 Å². The molecule has 0 fully saturated rings. The van der Waals surface area contributed by atoms with Gasteiger partial charge in [-0.3, -0.25) is 9.36 Å². The lowest BCUT2D eigenvalue weighted by Crippen LogP contribution is -2.38. The molecule has 0 spiro atoms. The van der Waals surface area contributed by atoms with E-state index in [-0.39, 0.29) is 17.8 Å². The van der Waals surface area contributed by atoms with Crippen LogP contribution in [0.5, 0.6) is 0 Å². The van der Waals surface area contributed by atoms with Crippen LogP contribution >= 0.6 is 0 Å². The molecule has 5 nitrogen and oxygen atoms in total. The molecule has 84 valence electrons. The average Bonchev–Trinajstić information content (AvgIpc) is 2.77. The van der Waals surface area contributed by atoms with Gasteiger partial charge in [0.2, 0.25) is 0 Å². The van der Waals surface area contributed by atoms with Crippen molar-refractivity contribution in [1.82, 2.24) is 9.13 Å². The summed E-state index contributed by atoms with van der Waals surface area (Å²) >= 11 is 0. The van der Waals surface area contributed by atoms with Gasteiger partial charge in [0.1, 0.15) is 5.76 Å². The Morgan fingerprint density at radius 3 is 2.75 bits per heavy atom. The van der Waals surface area contributed by atoms with Crippen molar-refractivity contribution in [1.29, 1.82) is 0 Å². The topological polar surface area (TPSA) is 57.1 Å². The molecule has 0 aliphatic carbocycles. The second-order valence-corrected chi connectivity index (χ2v) is 3.39. The van der Waals surface area contributed by atoms with Crippen molar-refractivity contribution in [2.24, 2.45) is 0 Å². The zero-order valence-electron chi connectivity index (χ0n) is 8.92. The number of hydrogen-bond donors (Lipinski definition) is 0. The zero-order valence-corrected chi connectivity index (χ0v) is 8.92. The Hall–Kier alpha value is -2.04. The van der Waals surface area contributed by atoms with E-state index in [9.17, 15) is 9.59 Å². The van der Waals surface area contributed by atoms with Gasteiger partial charge in [-0.1, -0.05) is 0 Å². The van der Waals surface area contributed by atoms with Crippen molar-refractivity contribution in [2.75, 3.05) is 0 Å². The summed E-state index contributed by atoms with van der Waals surface area (Å²) in [5, 5.41) is 0. The molecular formula is C11H12N2O3. The van der Waals surface area contributed by atoms with Gasteiger partial charge >= 0.3 is 5.69 Å². The van der Waals surface area contributed by atoms with Gasteiger partial charge in [-0.15, -0.1) is 0 Å². The number of furan rings is 1. The van der Waals surface area contributed by atoms with Crippen molar-refractivity contribution < 1.29 is 4.42 Å². The third-order valence-electron chi connectivity index (χ3n) is 2.37. The molecule has 2 heterocycles. The molecule has 0 radical (unpaired) electrons. The predicted molar refractivity (Wildman–Crippen MR) is 58.4 cm³/mol. The van der Waals surface area contributed by atoms with E-state index in [2.05, 4.69) is 0 Å². The minimum Gasteiger partial charge on any atom is -0.467 e. The summed E-state index contributed by atoms with van der Waals surface area (Å²) in [6, 6.07) is 4.84. The number of rotatable bonds is 3. The Morgan fingerprint density at radius 2 is 2.12 bits per heavy atom. The maximum Gasteiger partial charge on any atom is 0.331 e. The molecule has 5 heteroatoms. The SMILES string of the molecule is CCn1ccc(=O)n(Cc2ccco2)c1=O. The van der Waals surface area contributed by atoms with Gasteiger partial charge in [0, 0.05) is 18.8 Å². The number of aryl methyl sites for hydroxylation is 1. The van der Waals surface area contributed by atoms with Crippen LogP contribution in [0.15, 0.2) is 44.7 Å². The molecule has 0 unspecified atom stereocenters. The minimum atomic E-state index is -0.314. The fourth-order valence-corrected chi connectivity index (χ4v) is 1.50. The monoisotopic (exact) mass is 220 g/mol. The van der Waals surface area contributed by atoms with E-state index in [4.69, 9.17) is 4.42 Å². The van der Waals surface area contributed by atoms with E-state index < -0.39 is 0 Å². The number of nitrogens with zero attached hydrogens (tertiary/aromatic N) is 2. The Morgan fingerprint density at radius 1 is 1.31 bits per heavy atom. The molecule has 0 aromatic carbocycles. The second-order valence-electron chi connectivity index (χ2n) is 3.39. The van der Waals surface area contributed by atoms with E-state index >= 15 is 0 Å². The quantitative estimate of drug-likeness (QED) is 0.764. The van der Waals surface area contributed by atoms with Crippen LogP contribution in [-0.2, 0) is 13.1 Å². The van der Waals surface area contributed by atoms with E-state index in [1.807, 2.05) is 6.92 Å². The Labute approximate surface area is 91.6 Å². The smallest absolute Gasteiger partial charge is 0.331 e. The summed E-state index contributed by atoms with van der Waals surface area (Å²) in [5.41, 5.74) is -0.627. The first-order valence-electron chi connectivity index (χ1n) is 5.05. The third kappa shape index (κ3) is 1.84.